The number of anilines is 2. The number of nitrogens with one attached hydrogen (secondary N) is 2. The number of rotatable bonds is 7. The zero-order chi connectivity index (χ0) is 35.1. The Bertz CT molecular complexity index is 1770. The van der Waals surface area contributed by atoms with Gasteiger partial charge >= 0.3 is 11.9 Å². The van der Waals surface area contributed by atoms with E-state index in [2.05, 4.69) is 30.5 Å². The van der Waals surface area contributed by atoms with Crippen molar-refractivity contribution in [3.63, 3.8) is 0 Å². The number of aliphatic imine (C=N–C) groups is 1. The van der Waals surface area contributed by atoms with Gasteiger partial charge in [0, 0.05) is 43.3 Å². The SMILES string of the molecule is COC(=O)c1cc(NC(=S)/N=C(\Nc2nc(C)cc(C)n2)N2CCN(C(c3ccc(F)cc3)c3ccc(F)cc3)CC2)cc(C(=O)OC)c1. The van der Waals surface area contributed by atoms with Gasteiger partial charge in [-0.3, -0.25) is 10.2 Å². The average Bonchev–Trinajstić information content (AvgIpc) is 3.08. The zero-order valence-corrected chi connectivity index (χ0v) is 28.2. The second-order valence-corrected chi connectivity index (χ2v) is 11.7. The molecule has 2 N–H and O–H groups in total. The van der Waals surface area contributed by atoms with E-state index in [1.807, 2.05) is 24.8 Å². The molecule has 0 atom stereocenters. The number of halogens is 2. The molecular weight excluding hydrogens is 652 g/mol. The van der Waals surface area contributed by atoms with Gasteiger partial charge < -0.3 is 19.7 Å². The van der Waals surface area contributed by atoms with Crippen LogP contribution < -0.4 is 10.6 Å². The molecule has 0 saturated carbocycles. The fraction of sp³-hybridized carbons (Fsp3) is 0.257. The molecule has 254 valence electrons. The van der Waals surface area contributed by atoms with Gasteiger partial charge in [-0.25, -0.2) is 28.3 Å². The number of hydrogen-bond donors (Lipinski definition) is 2. The fourth-order valence-electron chi connectivity index (χ4n) is 5.57. The Morgan fingerprint density at radius 1 is 0.776 bits per heavy atom. The molecule has 11 nitrogen and oxygen atoms in total. The lowest BCUT2D eigenvalue weighted by Gasteiger charge is -2.40. The largest absolute Gasteiger partial charge is 0.465 e. The molecule has 0 spiro atoms. The van der Waals surface area contributed by atoms with Gasteiger partial charge in [-0.1, -0.05) is 24.3 Å². The van der Waals surface area contributed by atoms with Gasteiger partial charge in [-0.2, -0.15) is 4.99 Å². The van der Waals surface area contributed by atoms with Crippen LogP contribution in [0.4, 0.5) is 20.4 Å². The number of carbonyl (C=O) groups excluding carboxylic acids is 2. The number of nitrogens with zero attached hydrogens (tertiary/aromatic N) is 5. The molecule has 3 aromatic carbocycles. The number of guanidine groups is 1. The predicted molar refractivity (Wildman–Crippen MR) is 186 cm³/mol. The monoisotopic (exact) mass is 687 g/mol. The van der Waals surface area contributed by atoms with Crippen molar-refractivity contribution in [2.45, 2.75) is 19.9 Å². The van der Waals surface area contributed by atoms with E-state index >= 15 is 0 Å². The van der Waals surface area contributed by atoms with E-state index in [0.717, 1.165) is 22.5 Å². The Morgan fingerprint density at radius 2 is 1.27 bits per heavy atom. The minimum absolute atomic E-state index is 0.0302. The van der Waals surface area contributed by atoms with Crippen molar-refractivity contribution in [2.75, 3.05) is 51.0 Å². The quantitative estimate of drug-likeness (QED) is 0.111. The Kier molecular flexibility index (Phi) is 11.2. The summed E-state index contributed by atoms with van der Waals surface area (Å²) in [6.45, 7) is 5.86. The number of aryl methyl sites for hydroxylation is 2. The fourth-order valence-corrected chi connectivity index (χ4v) is 5.78. The summed E-state index contributed by atoms with van der Waals surface area (Å²) in [5, 5.41) is 6.24. The summed E-state index contributed by atoms with van der Waals surface area (Å²) in [4.78, 5) is 42.6. The van der Waals surface area contributed by atoms with Gasteiger partial charge in [0.15, 0.2) is 0 Å². The maximum Gasteiger partial charge on any atom is 0.337 e. The highest BCUT2D eigenvalue weighted by Crippen LogP contribution is 2.30. The first-order valence-corrected chi connectivity index (χ1v) is 15.7. The summed E-state index contributed by atoms with van der Waals surface area (Å²) in [7, 11) is 2.48. The molecule has 0 unspecified atom stereocenters. The van der Waals surface area contributed by atoms with Gasteiger partial charge in [-0.15, -0.1) is 0 Å². The van der Waals surface area contributed by atoms with Crippen LogP contribution in [0.15, 0.2) is 77.8 Å². The third-order valence-corrected chi connectivity index (χ3v) is 7.98. The number of benzene rings is 3. The summed E-state index contributed by atoms with van der Waals surface area (Å²) in [6.07, 6.45) is 0. The van der Waals surface area contributed by atoms with E-state index in [9.17, 15) is 18.4 Å². The summed E-state index contributed by atoms with van der Waals surface area (Å²) >= 11 is 5.63. The van der Waals surface area contributed by atoms with Crippen molar-refractivity contribution in [3.05, 3.63) is 118 Å². The van der Waals surface area contributed by atoms with E-state index in [-0.39, 0.29) is 33.9 Å². The van der Waals surface area contributed by atoms with Gasteiger partial charge in [0.05, 0.1) is 31.4 Å². The van der Waals surface area contributed by atoms with Crippen LogP contribution >= 0.6 is 12.2 Å². The first-order valence-electron chi connectivity index (χ1n) is 15.3. The number of esters is 2. The highest BCUT2D eigenvalue weighted by Gasteiger charge is 2.28. The molecule has 49 heavy (non-hydrogen) atoms. The van der Waals surface area contributed by atoms with Crippen LogP contribution in [0.1, 0.15) is 49.3 Å². The predicted octanol–water partition coefficient (Wildman–Crippen LogP) is 5.52. The lowest BCUT2D eigenvalue weighted by atomic mass is 9.96. The Balaban J connectivity index is 1.42. The smallest absolute Gasteiger partial charge is 0.337 e. The van der Waals surface area contributed by atoms with Crippen LogP contribution in [-0.2, 0) is 9.47 Å². The van der Waals surface area contributed by atoms with E-state index in [0.29, 0.717) is 43.8 Å². The molecule has 4 aromatic rings. The number of thiocarbonyl (C=S) groups is 1. The first-order chi connectivity index (χ1) is 23.5. The maximum absolute atomic E-state index is 13.8. The van der Waals surface area contributed by atoms with Crippen LogP contribution in [0.2, 0.25) is 0 Å². The standard InChI is InChI=1S/C35H35F2N7O4S/c1-21-17-22(2)39-33(38-21)41-34(42-35(49)40-29-19-25(31(45)47-3)18-26(20-29)32(46)48-4)44-15-13-43(14-16-44)30(23-5-9-27(36)10-6-23)24-7-11-28(37)12-8-24/h5-12,17-20,30H,13-16H2,1-4H3,(H2,38,39,40,41,42,49). The third kappa shape index (κ3) is 8.97. The molecule has 1 aliphatic rings. The van der Waals surface area contributed by atoms with Crippen LogP contribution in [0.5, 0.6) is 0 Å². The number of carbonyl (C=O) groups is 2. The van der Waals surface area contributed by atoms with Crippen molar-refractivity contribution >= 4 is 46.9 Å². The lowest BCUT2D eigenvalue weighted by molar-refractivity contribution is 0.0599. The molecule has 5 rings (SSSR count). The van der Waals surface area contributed by atoms with Crippen molar-refractivity contribution in [1.82, 2.24) is 19.8 Å². The van der Waals surface area contributed by atoms with E-state index in [4.69, 9.17) is 21.7 Å². The molecule has 1 saturated heterocycles. The van der Waals surface area contributed by atoms with Crippen LogP contribution in [0.25, 0.3) is 0 Å². The molecule has 0 radical (unpaired) electrons. The molecule has 1 aliphatic heterocycles. The van der Waals surface area contributed by atoms with E-state index in [1.54, 1.807) is 24.3 Å². The van der Waals surface area contributed by atoms with Gasteiger partial charge in [0.2, 0.25) is 17.0 Å². The highest BCUT2D eigenvalue weighted by molar-refractivity contribution is 7.80. The van der Waals surface area contributed by atoms with Crippen molar-refractivity contribution in [2.24, 2.45) is 4.99 Å². The number of methoxy groups -OCH3 is 2. The zero-order valence-electron chi connectivity index (χ0n) is 27.4. The van der Waals surface area contributed by atoms with Gasteiger partial charge in [-0.05, 0) is 85.7 Å². The molecule has 0 amide bonds. The molecular formula is C35H35F2N7O4S. The summed E-state index contributed by atoms with van der Waals surface area (Å²) < 4.78 is 37.4. The maximum atomic E-state index is 13.8. The normalized spacial score (nSPS) is 13.6. The van der Waals surface area contributed by atoms with Gasteiger partial charge in [0.25, 0.3) is 0 Å². The molecule has 1 aromatic heterocycles. The molecule has 14 heteroatoms. The number of aromatic nitrogens is 2. The third-order valence-electron chi connectivity index (χ3n) is 7.79. The molecule has 0 bridgehead atoms. The first kappa shape index (κ1) is 35.0. The second-order valence-electron chi connectivity index (χ2n) is 11.3. The average molecular weight is 688 g/mol. The van der Waals surface area contributed by atoms with Crippen molar-refractivity contribution in [3.8, 4) is 0 Å². The minimum Gasteiger partial charge on any atom is -0.465 e. The van der Waals surface area contributed by atoms with Crippen LogP contribution in [-0.4, -0.2) is 83.2 Å². The minimum atomic E-state index is -0.644. The number of ether oxygens (including phenoxy) is 2. The Morgan fingerprint density at radius 3 is 1.73 bits per heavy atom. The van der Waals surface area contributed by atoms with Crippen LogP contribution in [0, 0.1) is 25.5 Å². The van der Waals surface area contributed by atoms with Crippen LogP contribution in [0.3, 0.4) is 0 Å². The highest BCUT2D eigenvalue weighted by atomic mass is 32.1. The lowest BCUT2D eigenvalue weighted by Crippen LogP contribution is -2.52. The Hall–Kier alpha value is -5.34. The van der Waals surface area contributed by atoms with Gasteiger partial charge in [0.1, 0.15) is 11.6 Å². The van der Waals surface area contributed by atoms with Crippen molar-refractivity contribution in [1.29, 1.82) is 0 Å². The molecule has 0 aliphatic carbocycles. The summed E-state index contributed by atoms with van der Waals surface area (Å²) in [6, 6.07) is 18.6. The number of piperazine rings is 1. The summed E-state index contributed by atoms with van der Waals surface area (Å²) in [5.74, 6) is -1.26. The Labute approximate surface area is 288 Å². The van der Waals surface area contributed by atoms with Crippen molar-refractivity contribution < 1.29 is 27.8 Å². The second kappa shape index (κ2) is 15.7. The molecule has 1 fully saturated rings. The molecule has 2 heterocycles. The van der Waals surface area contributed by atoms with E-state index in [1.165, 1.54) is 56.7 Å². The summed E-state index contributed by atoms with van der Waals surface area (Å²) in [5.41, 5.74) is 3.84. The number of hydrogen-bond acceptors (Lipinski definition) is 8. The topological polar surface area (TPSA) is 121 Å². The van der Waals surface area contributed by atoms with E-state index < -0.39 is 11.9 Å².